The minimum absolute atomic E-state index is 0.145. The van der Waals surface area contributed by atoms with Crippen molar-refractivity contribution in [3.05, 3.63) is 34.9 Å². The van der Waals surface area contributed by atoms with Crippen LogP contribution in [0.1, 0.15) is 42.4 Å². The van der Waals surface area contributed by atoms with Crippen molar-refractivity contribution in [1.82, 2.24) is 5.32 Å². The molecule has 1 aromatic carbocycles. The van der Waals surface area contributed by atoms with Gasteiger partial charge in [-0.25, -0.2) is 0 Å². The second kappa shape index (κ2) is 3.92. The van der Waals surface area contributed by atoms with Gasteiger partial charge in [-0.05, 0) is 61.8 Å². The van der Waals surface area contributed by atoms with Crippen LogP contribution < -0.4 is 5.32 Å². The third kappa shape index (κ3) is 1.38. The number of carbonyl (C=O) groups is 1. The summed E-state index contributed by atoms with van der Waals surface area (Å²) in [4.78, 5) is 12.8. The summed E-state index contributed by atoms with van der Waals surface area (Å²) in [5.41, 5.74) is 4.04. The summed E-state index contributed by atoms with van der Waals surface area (Å²) in [6.45, 7) is 3.19. The molecular formula is C17H21NO. The maximum Gasteiger partial charge on any atom is 0.143 e. The fourth-order valence-corrected chi connectivity index (χ4v) is 4.94. The molecule has 0 amide bonds. The molecule has 1 aliphatic heterocycles. The fraction of sp³-hybridized carbons (Fsp3) is 0.588. The third-order valence-corrected chi connectivity index (χ3v) is 5.78. The van der Waals surface area contributed by atoms with Crippen LogP contribution in [0.2, 0.25) is 0 Å². The van der Waals surface area contributed by atoms with E-state index in [1.54, 1.807) is 0 Å². The number of carbonyl (C=O) groups excluding carboxylic acids is 1. The predicted molar refractivity (Wildman–Crippen MR) is 75.3 cm³/mol. The first-order chi connectivity index (χ1) is 9.23. The molecule has 4 rings (SSSR count). The minimum Gasteiger partial charge on any atom is -0.313 e. The van der Waals surface area contributed by atoms with Crippen LogP contribution in [0.4, 0.5) is 0 Å². The normalized spacial score (nSPS) is 36.6. The Hall–Kier alpha value is -1.15. The van der Waals surface area contributed by atoms with Crippen molar-refractivity contribution in [2.24, 2.45) is 5.92 Å². The van der Waals surface area contributed by atoms with Gasteiger partial charge < -0.3 is 5.32 Å². The van der Waals surface area contributed by atoms with Crippen LogP contribution in [0.15, 0.2) is 18.2 Å². The van der Waals surface area contributed by atoms with Gasteiger partial charge in [-0.2, -0.15) is 0 Å². The first kappa shape index (κ1) is 11.7. The molecule has 19 heavy (non-hydrogen) atoms. The Morgan fingerprint density at radius 1 is 1.37 bits per heavy atom. The van der Waals surface area contributed by atoms with E-state index in [9.17, 15) is 4.79 Å². The molecule has 100 valence electrons. The van der Waals surface area contributed by atoms with Gasteiger partial charge >= 0.3 is 0 Å². The molecule has 1 N–H and O–H groups in total. The maximum atomic E-state index is 12.8. The van der Waals surface area contributed by atoms with E-state index in [1.165, 1.54) is 23.1 Å². The van der Waals surface area contributed by atoms with Crippen LogP contribution in [-0.2, 0) is 16.6 Å². The summed E-state index contributed by atoms with van der Waals surface area (Å²) in [7, 11) is 0. The van der Waals surface area contributed by atoms with Crippen LogP contribution >= 0.6 is 0 Å². The van der Waals surface area contributed by atoms with Crippen LogP contribution in [0.3, 0.4) is 0 Å². The summed E-state index contributed by atoms with van der Waals surface area (Å²) >= 11 is 0. The maximum absolute atomic E-state index is 12.8. The van der Waals surface area contributed by atoms with Gasteiger partial charge in [-0.3, -0.25) is 4.79 Å². The molecule has 0 unspecified atom stereocenters. The van der Waals surface area contributed by atoms with E-state index in [0.717, 1.165) is 32.2 Å². The third-order valence-electron chi connectivity index (χ3n) is 5.78. The Kier molecular flexibility index (Phi) is 2.41. The Bertz CT molecular complexity index is 550. The summed E-state index contributed by atoms with van der Waals surface area (Å²) < 4.78 is 0. The van der Waals surface area contributed by atoms with E-state index in [-0.39, 0.29) is 5.41 Å². The summed E-state index contributed by atoms with van der Waals surface area (Å²) in [6, 6.07) is 7.09. The number of benzene rings is 1. The lowest BCUT2D eigenvalue weighted by Crippen LogP contribution is -2.63. The highest BCUT2D eigenvalue weighted by Gasteiger charge is 2.56. The lowest BCUT2D eigenvalue weighted by atomic mass is 9.52. The fourth-order valence-electron chi connectivity index (χ4n) is 4.94. The van der Waals surface area contributed by atoms with Crippen molar-refractivity contribution in [3.63, 3.8) is 0 Å². The van der Waals surface area contributed by atoms with Gasteiger partial charge in [0, 0.05) is 12.5 Å². The molecule has 2 heteroatoms. The van der Waals surface area contributed by atoms with Gasteiger partial charge in [0.05, 0.1) is 5.41 Å². The van der Waals surface area contributed by atoms with Gasteiger partial charge in [0.25, 0.3) is 0 Å². The van der Waals surface area contributed by atoms with E-state index >= 15 is 0 Å². The standard InChI is InChI=1S/C17H21NO/c1-11-4-2-5-13-12(11)10-15-14-6-3-7-16(19)17(13,14)8-9-18-15/h2,4-5,14-15,18H,3,6-10H2,1H3/t14-,15+,17+/m0/s1. The Balaban J connectivity index is 1.98. The van der Waals surface area contributed by atoms with E-state index in [4.69, 9.17) is 0 Å². The summed E-state index contributed by atoms with van der Waals surface area (Å²) in [5.74, 6) is 1.05. The Morgan fingerprint density at radius 3 is 3.16 bits per heavy atom. The van der Waals surface area contributed by atoms with Crippen molar-refractivity contribution in [1.29, 1.82) is 0 Å². The van der Waals surface area contributed by atoms with Crippen LogP contribution in [-0.4, -0.2) is 18.4 Å². The van der Waals surface area contributed by atoms with Crippen molar-refractivity contribution in [2.45, 2.75) is 50.5 Å². The Labute approximate surface area is 114 Å². The molecule has 1 aromatic rings. The number of nitrogens with one attached hydrogen (secondary N) is 1. The second-order valence-corrected chi connectivity index (χ2v) is 6.51. The molecule has 3 atom stereocenters. The van der Waals surface area contributed by atoms with Crippen molar-refractivity contribution in [2.75, 3.05) is 6.54 Å². The first-order valence-electron chi connectivity index (χ1n) is 7.59. The molecular weight excluding hydrogens is 234 g/mol. The average molecular weight is 255 g/mol. The smallest absolute Gasteiger partial charge is 0.143 e. The zero-order valence-electron chi connectivity index (χ0n) is 11.5. The van der Waals surface area contributed by atoms with E-state index < -0.39 is 0 Å². The minimum atomic E-state index is -0.145. The Morgan fingerprint density at radius 2 is 2.26 bits per heavy atom. The molecule has 3 aliphatic rings. The van der Waals surface area contributed by atoms with Gasteiger partial charge in [-0.1, -0.05) is 18.2 Å². The highest BCUT2D eigenvalue weighted by Crippen LogP contribution is 2.52. The number of piperidine rings is 1. The lowest BCUT2D eigenvalue weighted by Gasteiger charge is -2.54. The topological polar surface area (TPSA) is 29.1 Å². The molecule has 0 radical (unpaired) electrons. The molecule has 0 spiro atoms. The molecule has 2 nitrogen and oxygen atoms in total. The molecule has 1 saturated carbocycles. The van der Waals surface area contributed by atoms with Gasteiger partial charge in [-0.15, -0.1) is 0 Å². The van der Waals surface area contributed by atoms with E-state index in [1.807, 2.05) is 0 Å². The number of Topliss-reactive ketones (excluding diaryl/α,β-unsaturated/α-hetero) is 1. The number of ketones is 1. The van der Waals surface area contributed by atoms with Crippen molar-refractivity contribution >= 4 is 5.78 Å². The molecule has 1 heterocycles. The van der Waals surface area contributed by atoms with E-state index in [2.05, 4.69) is 30.4 Å². The van der Waals surface area contributed by atoms with Crippen molar-refractivity contribution in [3.8, 4) is 0 Å². The predicted octanol–water partition coefficient (Wildman–Crippen LogP) is 2.52. The molecule has 2 aliphatic carbocycles. The quantitative estimate of drug-likeness (QED) is 0.772. The monoisotopic (exact) mass is 255 g/mol. The zero-order chi connectivity index (χ0) is 13.0. The van der Waals surface area contributed by atoms with Crippen LogP contribution in [0, 0.1) is 12.8 Å². The SMILES string of the molecule is Cc1cccc2c1C[C@H]1NCC[C@@]23C(=O)CCC[C@@H]13. The largest absolute Gasteiger partial charge is 0.313 e. The molecule has 2 fully saturated rings. The van der Waals surface area contributed by atoms with E-state index in [0.29, 0.717) is 17.7 Å². The highest BCUT2D eigenvalue weighted by molar-refractivity contribution is 5.92. The van der Waals surface area contributed by atoms with Crippen molar-refractivity contribution < 1.29 is 4.79 Å². The number of rotatable bonds is 0. The van der Waals surface area contributed by atoms with Gasteiger partial charge in [0.2, 0.25) is 0 Å². The lowest BCUT2D eigenvalue weighted by molar-refractivity contribution is -0.132. The van der Waals surface area contributed by atoms with Crippen LogP contribution in [0.5, 0.6) is 0 Å². The number of fused-ring (bicyclic) bond motifs is 1. The van der Waals surface area contributed by atoms with Gasteiger partial charge in [0.1, 0.15) is 5.78 Å². The molecule has 2 bridgehead atoms. The second-order valence-electron chi connectivity index (χ2n) is 6.51. The number of hydrogen-bond acceptors (Lipinski definition) is 2. The molecule has 0 aromatic heterocycles. The van der Waals surface area contributed by atoms with Crippen LogP contribution in [0.25, 0.3) is 0 Å². The average Bonchev–Trinajstić information content (AvgIpc) is 2.40. The first-order valence-corrected chi connectivity index (χ1v) is 7.59. The van der Waals surface area contributed by atoms with Gasteiger partial charge in [0.15, 0.2) is 0 Å². The number of aryl methyl sites for hydroxylation is 1. The number of hydrogen-bond donors (Lipinski definition) is 1. The summed E-state index contributed by atoms with van der Waals surface area (Å²) in [5, 5.41) is 3.68. The highest BCUT2D eigenvalue weighted by atomic mass is 16.1. The summed E-state index contributed by atoms with van der Waals surface area (Å²) in [6.07, 6.45) is 5.21. The zero-order valence-corrected chi connectivity index (χ0v) is 11.5. The molecule has 1 saturated heterocycles.